The van der Waals surface area contributed by atoms with Crippen molar-refractivity contribution in [3.05, 3.63) is 199 Å². The Morgan fingerprint density at radius 1 is 0.440 bits per heavy atom. The molecule has 0 radical (unpaired) electrons. The van der Waals surface area contributed by atoms with Gasteiger partial charge in [-0.15, -0.1) is 11.3 Å². The van der Waals surface area contributed by atoms with Gasteiger partial charge in [0.2, 0.25) is 0 Å². The molecule has 0 spiro atoms. The van der Waals surface area contributed by atoms with Gasteiger partial charge in [-0.25, -0.2) is 0 Å². The van der Waals surface area contributed by atoms with Gasteiger partial charge >= 0.3 is 0 Å². The largest absolute Gasteiger partial charge is 0.310 e. The highest BCUT2D eigenvalue weighted by Crippen LogP contribution is 2.56. The second kappa shape index (κ2) is 11.3. The van der Waals surface area contributed by atoms with E-state index in [4.69, 9.17) is 0 Å². The van der Waals surface area contributed by atoms with E-state index < -0.39 is 0 Å². The first-order chi connectivity index (χ1) is 24.7. The Balaban J connectivity index is 1.29. The maximum Gasteiger partial charge on any atom is 0.0540 e. The summed E-state index contributed by atoms with van der Waals surface area (Å²) < 4.78 is 2.61. The van der Waals surface area contributed by atoms with Gasteiger partial charge in [0.1, 0.15) is 0 Å². The number of benzene rings is 8. The van der Waals surface area contributed by atoms with E-state index in [2.05, 4.69) is 194 Å². The molecule has 50 heavy (non-hydrogen) atoms. The predicted octanol–water partition coefficient (Wildman–Crippen LogP) is 13.7. The van der Waals surface area contributed by atoms with Crippen LogP contribution in [0.3, 0.4) is 0 Å². The molecule has 1 heterocycles. The summed E-state index contributed by atoms with van der Waals surface area (Å²) >= 11 is 1.89. The molecule has 1 nitrogen and oxygen atoms in total. The molecule has 236 valence electrons. The van der Waals surface area contributed by atoms with Crippen molar-refractivity contribution in [3.8, 4) is 22.3 Å². The van der Waals surface area contributed by atoms with Crippen LogP contribution >= 0.6 is 11.3 Å². The molecule has 0 unspecified atom stereocenters. The van der Waals surface area contributed by atoms with Crippen molar-refractivity contribution >= 4 is 59.3 Å². The van der Waals surface area contributed by atoms with E-state index >= 15 is 0 Å². The summed E-state index contributed by atoms with van der Waals surface area (Å²) in [6, 6.07) is 67.0. The van der Waals surface area contributed by atoms with Crippen molar-refractivity contribution in [2.24, 2.45) is 0 Å². The maximum absolute atomic E-state index is 2.49. The third kappa shape index (κ3) is 4.32. The van der Waals surface area contributed by atoms with Crippen LogP contribution in [0, 0.1) is 0 Å². The van der Waals surface area contributed by atoms with Crippen LogP contribution in [0.25, 0.3) is 53.2 Å². The molecular formula is C48H33NS. The highest BCUT2D eigenvalue weighted by Gasteiger charge is 2.42. The SMILES string of the molecule is CC1(c2cc(N(c3ccc(-c4ccccc4)cc3)c3cccc4ccccc34)cc3sc4ccccc4c23)c2ccccc2-c2ccccc21. The number of hydrogen-bond acceptors (Lipinski definition) is 2. The van der Waals surface area contributed by atoms with Crippen LogP contribution in [-0.2, 0) is 5.41 Å². The molecule has 1 aliphatic carbocycles. The molecule has 1 aromatic heterocycles. The Hall–Kier alpha value is -5.96. The van der Waals surface area contributed by atoms with Gasteiger partial charge in [-0.3, -0.25) is 0 Å². The van der Waals surface area contributed by atoms with Crippen LogP contribution in [0.1, 0.15) is 23.6 Å². The van der Waals surface area contributed by atoms with E-state index in [1.807, 2.05) is 11.3 Å². The highest BCUT2D eigenvalue weighted by molar-refractivity contribution is 7.25. The van der Waals surface area contributed by atoms with Gasteiger partial charge in [0, 0.05) is 42.3 Å². The van der Waals surface area contributed by atoms with Crippen LogP contribution in [0.4, 0.5) is 17.1 Å². The first-order valence-electron chi connectivity index (χ1n) is 17.3. The average Bonchev–Trinajstić information content (AvgIpc) is 3.69. The lowest BCUT2D eigenvalue weighted by Gasteiger charge is -2.32. The number of fused-ring (bicyclic) bond motifs is 7. The lowest BCUT2D eigenvalue weighted by atomic mass is 9.72. The average molecular weight is 656 g/mol. The third-order valence-electron chi connectivity index (χ3n) is 10.7. The first-order valence-corrected chi connectivity index (χ1v) is 18.1. The molecule has 0 amide bonds. The van der Waals surface area contributed by atoms with Crippen molar-refractivity contribution in [3.63, 3.8) is 0 Å². The van der Waals surface area contributed by atoms with E-state index in [0.717, 1.165) is 11.4 Å². The summed E-state index contributed by atoms with van der Waals surface area (Å²) in [7, 11) is 0. The minimum absolute atomic E-state index is 0.354. The summed E-state index contributed by atoms with van der Waals surface area (Å²) in [6.45, 7) is 2.44. The molecule has 10 rings (SSSR count). The van der Waals surface area contributed by atoms with Crippen LogP contribution in [0.5, 0.6) is 0 Å². The Morgan fingerprint density at radius 3 is 1.80 bits per heavy atom. The molecule has 0 bridgehead atoms. The van der Waals surface area contributed by atoms with Gasteiger partial charge in [-0.2, -0.15) is 0 Å². The molecular weight excluding hydrogens is 623 g/mol. The summed E-state index contributed by atoms with van der Waals surface area (Å²) in [6.07, 6.45) is 0. The van der Waals surface area contributed by atoms with Gasteiger partial charge in [0.05, 0.1) is 5.69 Å². The molecule has 0 fully saturated rings. The zero-order chi connectivity index (χ0) is 33.2. The number of nitrogens with zero attached hydrogens (tertiary/aromatic N) is 1. The van der Waals surface area contributed by atoms with Crippen LogP contribution in [0.2, 0.25) is 0 Å². The molecule has 0 aliphatic heterocycles. The quantitative estimate of drug-likeness (QED) is 0.178. The molecule has 2 heteroatoms. The van der Waals surface area contributed by atoms with E-state index in [1.165, 1.54) is 75.6 Å². The lowest BCUT2D eigenvalue weighted by Crippen LogP contribution is -2.23. The smallest absolute Gasteiger partial charge is 0.0540 e. The minimum Gasteiger partial charge on any atom is -0.310 e. The Bertz CT molecular complexity index is 2670. The second-order valence-corrected chi connectivity index (χ2v) is 14.5. The van der Waals surface area contributed by atoms with Crippen molar-refractivity contribution < 1.29 is 0 Å². The van der Waals surface area contributed by atoms with E-state index in [0.29, 0.717) is 0 Å². The van der Waals surface area contributed by atoms with Crippen LogP contribution in [0.15, 0.2) is 182 Å². The number of thiophene rings is 1. The minimum atomic E-state index is -0.354. The zero-order valence-corrected chi connectivity index (χ0v) is 28.5. The standard InChI is InChI=1S/C48H33NS/c1-48(41-22-10-7-19-38(41)39-20-8-11-23-42(39)48)43-30-36(31-46-47(43)40-21-9-12-25-45(40)50-46)49(44-24-13-17-34-16-5-6-18-37(34)44)35-28-26-33(27-29-35)32-14-3-2-4-15-32/h2-31H,1H3. The molecule has 0 saturated heterocycles. The summed E-state index contributed by atoms with van der Waals surface area (Å²) in [5.74, 6) is 0. The maximum atomic E-state index is 2.49. The van der Waals surface area contributed by atoms with Gasteiger partial charge in [0.25, 0.3) is 0 Å². The van der Waals surface area contributed by atoms with Crippen LogP contribution in [-0.4, -0.2) is 0 Å². The van der Waals surface area contributed by atoms with E-state index in [9.17, 15) is 0 Å². The summed E-state index contributed by atoms with van der Waals surface area (Å²) in [4.78, 5) is 2.47. The predicted molar refractivity (Wildman–Crippen MR) is 214 cm³/mol. The number of rotatable bonds is 5. The van der Waals surface area contributed by atoms with Gasteiger partial charge in [-0.05, 0) is 87.7 Å². The Morgan fingerprint density at radius 2 is 1.04 bits per heavy atom. The molecule has 8 aromatic carbocycles. The third-order valence-corrected chi connectivity index (χ3v) is 11.8. The fourth-order valence-electron chi connectivity index (χ4n) is 8.37. The topological polar surface area (TPSA) is 3.24 Å². The van der Waals surface area contributed by atoms with Crippen LogP contribution < -0.4 is 4.90 Å². The highest BCUT2D eigenvalue weighted by atomic mass is 32.1. The molecule has 0 N–H and O–H groups in total. The first kappa shape index (κ1) is 29.0. The summed E-state index contributed by atoms with van der Waals surface area (Å²) in [5.41, 5.74) is 12.2. The van der Waals surface area contributed by atoms with Gasteiger partial charge in [-0.1, -0.05) is 146 Å². The molecule has 0 saturated carbocycles. The summed E-state index contributed by atoms with van der Waals surface area (Å²) in [5, 5.41) is 5.12. The fraction of sp³-hybridized carbons (Fsp3) is 0.0417. The normalized spacial score (nSPS) is 13.1. The fourth-order valence-corrected chi connectivity index (χ4v) is 9.54. The van der Waals surface area contributed by atoms with Crippen molar-refractivity contribution in [2.45, 2.75) is 12.3 Å². The number of anilines is 3. The van der Waals surface area contributed by atoms with E-state index in [1.54, 1.807) is 0 Å². The monoisotopic (exact) mass is 655 g/mol. The number of hydrogen-bond donors (Lipinski definition) is 0. The van der Waals surface area contributed by atoms with Gasteiger partial charge in [0.15, 0.2) is 0 Å². The molecule has 9 aromatic rings. The Labute approximate surface area is 296 Å². The van der Waals surface area contributed by atoms with Crippen molar-refractivity contribution in [2.75, 3.05) is 4.90 Å². The lowest BCUT2D eigenvalue weighted by molar-refractivity contribution is 0.722. The van der Waals surface area contributed by atoms with Gasteiger partial charge < -0.3 is 4.90 Å². The Kier molecular flexibility index (Phi) is 6.55. The molecule has 1 aliphatic rings. The molecule has 0 atom stereocenters. The van der Waals surface area contributed by atoms with E-state index in [-0.39, 0.29) is 5.41 Å². The van der Waals surface area contributed by atoms with Crippen molar-refractivity contribution in [1.82, 2.24) is 0 Å². The van der Waals surface area contributed by atoms with Crippen molar-refractivity contribution in [1.29, 1.82) is 0 Å². The zero-order valence-electron chi connectivity index (χ0n) is 27.7. The second-order valence-electron chi connectivity index (χ2n) is 13.4.